The summed E-state index contributed by atoms with van der Waals surface area (Å²) in [4.78, 5) is 4.52. The molecule has 0 fully saturated rings. The molecule has 3 nitrogen and oxygen atoms in total. The molecule has 2 aromatic heterocycles. The second-order valence-electron chi connectivity index (χ2n) is 4.06. The summed E-state index contributed by atoms with van der Waals surface area (Å²) in [5.74, 6) is 0. The van der Waals surface area contributed by atoms with E-state index in [9.17, 15) is 0 Å². The molecule has 4 heteroatoms. The highest BCUT2D eigenvalue weighted by atomic mass is 35.5. The van der Waals surface area contributed by atoms with Crippen LogP contribution in [-0.2, 0) is 6.61 Å². The molecule has 0 aliphatic rings. The first-order valence-corrected chi connectivity index (χ1v) is 5.99. The summed E-state index contributed by atoms with van der Waals surface area (Å²) in [6.07, 6.45) is 3.91. The van der Waals surface area contributed by atoms with Crippen LogP contribution in [0.15, 0.2) is 48.8 Å². The van der Waals surface area contributed by atoms with Gasteiger partial charge in [0.2, 0.25) is 0 Å². The van der Waals surface area contributed by atoms with Gasteiger partial charge in [-0.15, -0.1) is 0 Å². The zero-order valence-electron chi connectivity index (χ0n) is 9.55. The van der Waals surface area contributed by atoms with Gasteiger partial charge in [-0.1, -0.05) is 29.8 Å². The summed E-state index contributed by atoms with van der Waals surface area (Å²) in [6.45, 7) is -0.0513. The summed E-state index contributed by atoms with van der Waals surface area (Å²) in [5.41, 5.74) is 3.44. The van der Waals surface area contributed by atoms with Crippen LogP contribution in [0.2, 0.25) is 5.02 Å². The highest BCUT2D eigenvalue weighted by Gasteiger charge is 2.06. The third-order valence-corrected chi connectivity index (χ3v) is 3.24. The smallest absolute Gasteiger partial charge is 0.137 e. The first-order valence-electron chi connectivity index (χ1n) is 5.61. The molecule has 0 saturated heterocycles. The highest BCUT2D eigenvalue weighted by Crippen LogP contribution is 2.25. The Kier molecular flexibility index (Phi) is 2.78. The van der Waals surface area contributed by atoms with Gasteiger partial charge in [-0.3, -0.25) is 0 Å². The van der Waals surface area contributed by atoms with Gasteiger partial charge < -0.3 is 9.51 Å². The van der Waals surface area contributed by atoms with Gasteiger partial charge in [0.15, 0.2) is 0 Å². The van der Waals surface area contributed by atoms with Crippen molar-refractivity contribution >= 4 is 17.2 Å². The molecule has 0 aliphatic heterocycles. The second kappa shape index (κ2) is 4.44. The average molecular weight is 259 g/mol. The van der Waals surface area contributed by atoms with Crippen molar-refractivity contribution in [2.75, 3.05) is 0 Å². The predicted molar refractivity (Wildman–Crippen MR) is 71.6 cm³/mol. The molecule has 0 unspecified atom stereocenters. The van der Waals surface area contributed by atoms with Crippen molar-refractivity contribution in [1.29, 1.82) is 0 Å². The Balaban J connectivity index is 2.11. The molecular weight excluding hydrogens is 248 g/mol. The first kappa shape index (κ1) is 11.3. The lowest BCUT2D eigenvalue weighted by Gasteiger charge is -2.02. The number of aliphatic hydroxyl groups is 1. The largest absolute Gasteiger partial charge is 0.392 e. The number of nitrogens with zero attached hydrogens (tertiary/aromatic N) is 2. The predicted octanol–water partition coefficient (Wildman–Crippen LogP) is 3.15. The molecule has 90 valence electrons. The maximum atomic E-state index is 9.09. The van der Waals surface area contributed by atoms with Crippen LogP contribution in [-0.4, -0.2) is 14.5 Å². The zero-order chi connectivity index (χ0) is 12.5. The molecule has 3 aromatic rings. The van der Waals surface area contributed by atoms with Crippen molar-refractivity contribution in [3.63, 3.8) is 0 Å². The molecule has 18 heavy (non-hydrogen) atoms. The molecule has 0 amide bonds. The SMILES string of the molecule is OCc1ccc(-c2cn3ccccc3n2)cc1Cl. The van der Waals surface area contributed by atoms with Gasteiger partial charge in [-0.05, 0) is 23.8 Å². The summed E-state index contributed by atoms with van der Waals surface area (Å²) in [7, 11) is 0. The Bertz CT molecular complexity index is 673. The van der Waals surface area contributed by atoms with Crippen molar-refractivity contribution in [2.24, 2.45) is 0 Å². The Hall–Kier alpha value is -1.84. The van der Waals surface area contributed by atoms with Gasteiger partial charge in [-0.25, -0.2) is 4.98 Å². The number of halogens is 1. The summed E-state index contributed by atoms with van der Waals surface area (Å²) < 4.78 is 1.96. The molecule has 0 atom stereocenters. The van der Waals surface area contributed by atoms with Gasteiger partial charge in [0.25, 0.3) is 0 Å². The van der Waals surface area contributed by atoms with E-state index < -0.39 is 0 Å². The molecule has 3 rings (SSSR count). The Morgan fingerprint density at radius 2 is 2.11 bits per heavy atom. The molecule has 0 spiro atoms. The monoisotopic (exact) mass is 258 g/mol. The van der Waals surface area contributed by atoms with Gasteiger partial charge in [0.1, 0.15) is 5.65 Å². The van der Waals surface area contributed by atoms with Crippen LogP contribution in [0.3, 0.4) is 0 Å². The quantitative estimate of drug-likeness (QED) is 0.767. The Morgan fingerprint density at radius 3 is 2.83 bits per heavy atom. The van der Waals surface area contributed by atoms with E-state index in [1.165, 1.54) is 0 Å². The van der Waals surface area contributed by atoms with Crippen molar-refractivity contribution < 1.29 is 5.11 Å². The number of imidazole rings is 1. The standard InChI is InChI=1S/C14H11ClN2O/c15-12-7-10(4-5-11(12)9-18)13-8-17-6-2-1-3-14(17)16-13/h1-8,18H,9H2. The lowest BCUT2D eigenvalue weighted by atomic mass is 10.1. The minimum Gasteiger partial charge on any atom is -0.392 e. The summed E-state index contributed by atoms with van der Waals surface area (Å²) in [6, 6.07) is 11.4. The maximum absolute atomic E-state index is 9.09. The summed E-state index contributed by atoms with van der Waals surface area (Å²) in [5, 5.41) is 9.65. The number of fused-ring (bicyclic) bond motifs is 1. The van der Waals surface area contributed by atoms with Gasteiger partial charge in [0.05, 0.1) is 12.3 Å². The Labute approximate surface area is 109 Å². The number of pyridine rings is 1. The Morgan fingerprint density at radius 1 is 1.22 bits per heavy atom. The molecule has 1 N–H and O–H groups in total. The molecule has 2 heterocycles. The fraction of sp³-hybridized carbons (Fsp3) is 0.0714. The van der Waals surface area contributed by atoms with E-state index in [1.807, 2.05) is 53.2 Å². The van der Waals surface area contributed by atoms with E-state index in [0.29, 0.717) is 5.02 Å². The van der Waals surface area contributed by atoms with Crippen LogP contribution in [0.4, 0.5) is 0 Å². The van der Waals surface area contributed by atoms with Crippen LogP contribution in [0, 0.1) is 0 Å². The number of rotatable bonds is 2. The van der Waals surface area contributed by atoms with Crippen LogP contribution in [0.1, 0.15) is 5.56 Å². The molecule has 0 bridgehead atoms. The minimum absolute atomic E-state index is 0.0513. The van der Waals surface area contributed by atoms with Gasteiger partial charge in [-0.2, -0.15) is 0 Å². The average Bonchev–Trinajstić information content (AvgIpc) is 2.82. The minimum atomic E-state index is -0.0513. The fourth-order valence-corrected chi connectivity index (χ4v) is 2.15. The van der Waals surface area contributed by atoms with E-state index in [0.717, 1.165) is 22.5 Å². The van der Waals surface area contributed by atoms with Crippen LogP contribution in [0.25, 0.3) is 16.9 Å². The third-order valence-electron chi connectivity index (χ3n) is 2.88. The van der Waals surface area contributed by atoms with E-state index in [1.54, 1.807) is 0 Å². The van der Waals surface area contributed by atoms with Crippen LogP contribution >= 0.6 is 11.6 Å². The van der Waals surface area contributed by atoms with Crippen molar-refractivity contribution in [2.45, 2.75) is 6.61 Å². The van der Waals surface area contributed by atoms with Crippen molar-refractivity contribution in [3.05, 3.63) is 59.4 Å². The van der Waals surface area contributed by atoms with E-state index in [2.05, 4.69) is 4.98 Å². The fourth-order valence-electron chi connectivity index (χ4n) is 1.91. The van der Waals surface area contributed by atoms with Gasteiger partial charge >= 0.3 is 0 Å². The maximum Gasteiger partial charge on any atom is 0.137 e. The summed E-state index contributed by atoms with van der Waals surface area (Å²) >= 11 is 6.08. The van der Waals surface area contributed by atoms with Crippen molar-refractivity contribution in [3.8, 4) is 11.3 Å². The molecular formula is C14H11ClN2O. The van der Waals surface area contributed by atoms with Crippen LogP contribution in [0.5, 0.6) is 0 Å². The first-order chi connectivity index (χ1) is 8.78. The van der Waals surface area contributed by atoms with E-state index in [-0.39, 0.29) is 6.61 Å². The molecule has 0 radical (unpaired) electrons. The van der Waals surface area contributed by atoms with Crippen molar-refractivity contribution in [1.82, 2.24) is 9.38 Å². The number of hydrogen-bond acceptors (Lipinski definition) is 2. The topological polar surface area (TPSA) is 37.5 Å². The number of aliphatic hydroxyl groups excluding tert-OH is 1. The zero-order valence-corrected chi connectivity index (χ0v) is 10.3. The normalized spacial score (nSPS) is 11.0. The second-order valence-corrected chi connectivity index (χ2v) is 4.46. The highest BCUT2D eigenvalue weighted by molar-refractivity contribution is 6.31. The number of aromatic nitrogens is 2. The molecule has 1 aromatic carbocycles. The van der Waals surface area contributed by atoms with Gasteiger partial charge in [0, 0.05) is 23.0 Å². The lowest BCUT2D eigenvalue weighted by Crippen LogP contribution is -1.86. The molecule has 0 aliphatic carbocycles. The van der Waals surface area contributed by atoms with E-state index >= 15 is 0 Å². The number of benzene rings is 1. The lowest BCUT2D eigenvalue weighted by molar-refractivity contribution is 0.282. The van der Waals surface area contributed by atoms with Crippen LogP contribution < -0.4 is 0 Å². The third kappa shape index (κ3) is 1.88. The molecule has 0 saturated carbocycles. The number of hydrogen-bond donors (Lipinski definition) is 1. The van der Waals surface area contributed by atoms with E-state index in [4.69, 9.17) is 16.7 Å².